The zero-order valence-corrected chi connectivity index (χ0v) is 12.9. The van der Waals surface area contributed by atoms with Crippen molar-refractivity contribution in [2.24, 2.45) is 0 Å². The molecule has 2 N–H and O–H groups in total. The van der Waals surface area contributed by atoms with Crippen LogP contribution >= 0.6 is 12.4 Å². The van der Waals surface area contributed by atoms with E-state index in [0.717, 1.165) is 19.4 Å². The van der Waals surface area contributed by atoms with Gasteiger partial charge in [-0.05, 0) is 44.0 Å². The summed E-state index contributed by atoms with van der Waals surface area (Å²) in [5.41, 5.74) is 0.593. The van der Waals surface area contributed by atoms with Crippen LogP contribution in [0.3, 0.4) is 0 Å². The van der Waals surface area contributed by atoms with E-state index in [1.807, 2.05) is 6.92 Å². The third-order valence-electron chi connectivity index (χ3n) is 3.24. The first-order valence-electron chi connectivity index (χ1n) is 6.42. The summed E-state index contributed by atoms with van der Waals surface area (Å²) in [6.45, 7) is 2.87. The number of nitrogens with one attached hydrogen (secondary N) is 2. The molecule has 0 radical (unpaired) electrons. The summed E-state index contributed by atoms with van der Waals surface area (Å²) in [5, 5.41) is 3.28. The fraction of sp³-hybridized carbons (Fsp3) is 0.538. The molecule has 0 aliphatic carbocycles. The average Bonchev–Trinajstić information content (AvgIpc) is 2.31. The summed E-state index contributed by atoms with van der Waals surface area (Å²) >= 11 is 0. The molecule has 0 spiro atoms. The van der Waals surface area contributed by atoms with Crippen molar-refractivity contribution in [1.82, 2.24) is 10.0 Å². The third kappa shape index (κ3) is 5.36. The van der Waals surface area contributed by atoms with Gasteiger partial charge < -0.3 is 5.32 Å². The van der Waals surface area contributed by atoms with Crippen LogP contribution in [0.15, 0.2) is 24.3 Å². The monoisotopic (exact) mass is 322 g/mol. The lowest BCUT2D eigenvalue weighted by Crippen LogP contribution is -2.46. The van der Waals surface area contributed by atoms with Crippen molar-refractivity contribution in [2.75, 3.05) is 6.54 Å². The molecule has 114 valence electrons. The van der Waals surface area contributed by atoms with Crippen LogP contribution < -0.4 is 10.0 Å². The van der Waals surface area contributed by atoms with Gasteiger partial charge in [-0.1, -0.05) is 12.1 Å². The van der Waals surface area contributed by atoms with Gasteiger partial charge in [0.2, 0.25) is 10.0 Å². The Morgan fingerprint density at radius 1 is 1.35 bits per heavy atom. The molecular formula is C13H20ClFN2O2S. The topological polar surface area (TPSA) is 58.2 Å². The number of hydrogen-bond acceptors (Lipinski definition) is 3. The summed E-state index contributed by atoms with van der Waals surface area (Å²) in [6.07, 6.45) is 1.59. The molecule has 1 aliphatic heterocycles. The minimum atomic E-state index is -3.37. The van der Waals surface area contributed by atoms with Gasteiger partial charge in [-0.15, -0.1) is 12.4 Å². The third-order valence-corrected chi connectivity index (χ3v) is 4.65. The zero-order chi connectivity index (χ0) is 13.9. The van der Waals surface area contributed by atoms with Gasteiger partial charge in [0.1, 0.15) is 5.82 Å². The zero-order valence-electron chi connectivity index (χ0n) is 11.3. The number of halogens is 2. The Hall–Kier alpha value is -0.690. The molecule has 7 heteroatoms. The van der Waals surface area contributed by atoms with E-state index in [1.165, 1.54) is 24.3 Å². The average molecular weight is 323 g/mol. The second-order valence-electron chi connectivity index (χ2n) is 5.08. The van der Waals surface area contributed by atoms with Crippen molar-refractivity contribution in [3.8, 4) is 0 Å². The van der Waals surface area contributed by atoms with E-state index in [4.69, 9.17) is 0 Å². The molecule has 2 rings (SSSR count). The van der Waals surface area contributed by atoms with E-state index in [9.17, 15) is 12.8 Å². The standard InChI is InChI=1S/C13H19FN2O2S.ClH/c1-10-8-13(6-7-15-10)16-19(17,18)9-11-2-4-12(14)5-3-11;/h2-5,10,13,15-16H,6-9H2,1H3;1H. The highest BCUT2D eigenvalue weighted by Crippen LogP contribution is 2.12. The van der Waals surface area contributed by atoms with Crippen molar-refractivity contribution >= 4 is 22.4 Å². The summed E-state index contributed by atoms with van der Waals surface area (Å²) in [5.74, 6) is -0.465. The lowest BCUT2D eigenvalue weighted by Gasteiger charge is -2.28. The largest absolute Gasteiger partial charge is 0.314 e. The number of benzene rings is 1. The van der Waals surface area contributed by atoms with E-state index in [0.29, 0.717) is 11.6 Å². The maximum Gasteiger partial charge on any atom is 0.216 e. The van der Waals surface area contributed by atoms with Gasteiger partial charge in [-0.2, -0.15) is 0 Å². The highest BCUT2D eigenvalue weighted by molar-refractivity contribution is 7.88. The van der Waals surface area contributed by atoms with Crippen molar-refractivity contribution in [3.05, 3.63) is 35.6 Å². The molecule has 0 bridgehead atoms. The highest BCUT2D eigenvalue weighted by atomic mass is 35.5. The van der Waals surface area contributed by atoms with E-state index in [-0.39, 0.29) is 30.0 Å². The Bertz CT molecular complexity index is 522. The SMILES string of the molecule is CC1CC(NS(=O)(=O)Cc2ccc(F)cc2)CCN1.Cl. The molecule has 1 aromatic carbocycles. The van der Waals surface area contributed by atoms with Gasteiger partial charge in [0.15, 0.2) is 0 Å². The van der Waals surface area contributed by atoms with Crippen LogP contribution in [0, 0.1) is 5.82 Å². The van der Waals surface area contributed by atoms with E-state index in [2.05, 4.69) is 10.0 Å². The molecule has 0 aromatic heterocycles. The summed E-state index contributed by atoms with van der Waals surface area (Å²) in [7, 11) is -3.37. The Labute approximate surface area is 125 Å². The molecule has 1 aromatic rings. The summed E-state index contributed by atoms with van der Waals surface area (Å²) < 4.78 is 39.6. The van der Waals surface area contributed by atoms with Crippen LogP contribution in [0.25, 0.3) is 0 Å². The number of hydrogen-bond donors (Lipinski definition) is 2. The Morgan fingerprint density at radius 2 is 2.00 bits per heavy atom. The molecule has 1 saturated heterocycles. The minimum absolute atomic E-state index is 0. The van der Waals surface area contributed by atoms with Crippen LogP contribution in [0.5, 0.6) is 0 Å². The molecule has 0 amide bonds. The number of rotatable bonds is 4. The van der Waals surface area contributed by atoms with Crippen molar-refractivity contribution < 1.29 is 12.8 Å². The molecular weight excluding hydrogens is 303 g/mol. The molecule has 1 fully saturated rings. The van der Waals surface area contributed by atoms with Crippen LogP contribution in [0.1, 0.15) is 25.3 Å². The van der Waals surface area contributed by atoms with Crippen LogP contribution in [0.2, 0.25) is 0 Å². The van der Waals surface area contributed by atoms with Crippen molar-refractivity contribution in [2.45, 2.75) is 37.6 Å². The van der Waals surface area contributed by atoms with Gasteiger partial charge in [0, 0.05) is 12.1 Å². The molecule has 0 saturated carbocycles. The first-order valence-corrected chi connectivity index (χ1v) is 8.08. The summed E-state index contributed by atoms with van der Waals surface area (Å²) in [4.78, 5) is 0. The van der Waals surface area contributed by atoms with E-state index in [1.54, 1.807) is 0 Å². The predicted octanol–water partition coefficient (Wildman–Crippen LogP) is 1.81. The predicted molar refractivity (Wildman–Crippen MR) is 79.9 cm³/mol. The van der Waals surface area contributed by atoms with E-state index < -0.39 is 10.0 Å². The quantitative estimate of drug-likeness (QED) is 0.889. The Kier molecular flexibility index (Phi) is 6.39. The fourth-order valence-electron chi connectivity index (χ4n) is 2.33. The van der Waals surface area contributed by atoms with Crippen molar-refractivity contribution in [3.63, 3.8) is 0 Å². The fourth-order valence-corrected chi connectivity index (χ4v) is 3.77. The smallest absolute Gasteiger partial charge is 0.216 e. The second-order valence-corrected chi connectivity index (χ2v) is 6.83. The lowest BCUT2D eigenvalue weighted by atomic mass is 10.0. The van der Waals surface area contributed by atoms with Gasteiger partial charge >= 0.3 is 0 Å². The van der Waals surface area contributed by atoms with Crippen molar-refractivity contribution in [1.29, 1.82) is 0 Å². The molecule has 2 atom stereocenters. The van der Waals surface area contributed by atoms with Crippen LogP contribution in [-0.4, -0.2) is 27.0 Å². The Morgan fingerprint density at radius 3 is 2.60 bits per heavy atom. The second kappa shape index (κ2) is 7.36. The highest BCUT2D eigenvalue weighted by Gasteiger charge is 2.23. The summed E-state index contributed by atoms with van der Waals surface area (Å²) in [6, 6.07) is 5.86. The van der Waals surface area contributed by atoms with E-state index >= 15 is 0 Å². The first kappa shape index (κ1) is 17.4. The molecule has 1 heterocycles. The number of sulfonamides is 1. The van der Waals surface area contributed by atoms with Crippen LogP contribution in [-0.2, 0) is 15.8 Å². The molecule has 20 heavy (non-hydrogen) atoms. The maximum atomic E-state index is 12.8. The van der Waals surface area contributed by atoms with Gasteiger partial charge in [0.25, 0.3) is 0 Å². The van der Waals surface area contributed by atoms with Gasteiger partial charge in [-0.25, -0.2) is 17.5 Å². The number of piperidine rings is 1. The molecule has 4 nitrogen and oxygen atoms in total. The van der Waals surface area contributed by atoms with Gasteiger partial charge in [0.05, 0.1) is 5.75 Å². The maximum absolute atomic E-state index is 12.8. The lowest BCUT2D eigenvalue weighted by molar-refractivity contribution is 0.361. The van der Waals surface area contributed by atoms with Gasteiger partial charge in [-0.3, -0.25) is 0 Å². The molecule has 2 unspecified atom stereocenters. The Balaban J connectivity index is 0.00000200. The first-order chi connectivity index (χ1) is 8.94. The molecule has 1 aliphatic rings. The minimum Gasteiger partial charge on any atom is -0.314 e. The van der Waals surface area contributed by atoms with Crippen LogP contribution in [0.4, 0.5) is 4.39 Å². The normalized spacial score (nSPS) is 23.1.